The van der Waals surface area contributed by atoms with E-state index in [2.05, 4.69) is 31.1 Å². The van der Waals surface area contributed by atoms with Crippen molar-refractivity contribution in [2.24, 2.45) is 0 Å². The number of nitrogens with zero attached hydrogens (tertiary/aromatic N) is 1. The third kappa shape index (κ3) is 5.03. The van der Waals surface area contributed by atoms with Crippen LogP contribution in [0.15, 0.2) is 12.1 Å². The zero-order chi connectivity index (χ0) is 14.4. The van der Waals surface area contributed by atoms with E-state index < -0.39 is 11.6 Å². The van der Waals surface area contributed by atoms with Gasteiger partial charge in [-0.3, -0.25) is 0 Å². The molecule has 3 nitrogen and oxygen atoms in total. The fourth-order valence-electron chi connectivity index (χ4n) is 1.72. The largest absolute Gasteiger partial charge is 0.399 e. The summed E-state index contributed by atoms with van der Waals surface area (Å²) < 4.78 is 26.9. The van der Waals surface area contributed by atoms with Crippen LogP contribution in [0.3, 0.4) is 0 Å². The Labute approximate surface area is 113 Å². The first-order chi connectivity index (χ1) is 8.91. The van der Waals surface area contributed by atoms with Gasteiger partial charge >= 0.3 is 0 Å². The maximum absolute atomic E-state index is 13.5. The molecule has 0 spiro atoms. The fraction of sp³-hybridized carbons (Fsp3) is 0.571. The van der Waals surface area contributed by atoms with Gasteiger partial charge in [-0.1, -0.05) is 0 Å². The number of unbranched alkanes of at least 4 members (excludes halogenated alkanes) is 1. The first-order valence-electron chi connectivity index (χ1n) is 6.60. The molecule has 0 aliphatic rings. The summed E-state index contributed by atoms with van der Waals surface area (Å²) in [6.45, 7) is 5.80. The van der Waals surface area contributed by atoms with Crippen molar-refractivity contribution in [1.29, 1.82) is 0 Å². The standard InChI is InChI=1S/C14H23F2N3/c1-10(2)19(3)7-5-4-6-18-14-12(15)8-11(17)9-13(14)16/h8-10,18H,4-7,17H2,1-3H3. The topological polar surface area (TPSA) is 41.3 Å². The summed E-state index contributed by atoms with van der Waals surface area (Å²) in [5, 5.41) is 2.79. The van der Waals surface area contributed by atoms with Gasteiger partial charge in [0.05, 0.1) is 0 Å². The van der Waals surface area contributed by atoms with E-state index in [1.165, 1.54) is 0 Å². The molecule has 5 heteroatoms. The normalized spacial score (nSPS) is 11.3. The Morgan fingerprint density at radius 1 is 1.21 bits per heavy atom. The van der Waals surface area contributed by atoms with E-state index in [9.17, 15) is 8.78 Å². The highest BCUT2D eigenvalue weighted by Crippen LogP contribution is 2.21. The number of rotatable bonds is 7. The number of anilines is 2. The van der Waals surface area contributed by atoms with Gasteiger partial charge in [0, 0.05) is 18.3 Å². The van der Waals surface area contributed by atoms with Crippen LogP contribution in [0.25, 0.3) is 0 Å². The molecule has 108 valence electrons. The molecular weight excluding hydrogens is 248 g/mol. The Kier molecular flexibility index (Phi) is 6.02. The molecular formula is C14H23F2N3. The molecule has 0 saturated heterocycles. The maximum atomic E-state index is 13.5. The molecule has 0 atom stereocenters. The Morgan fingerprint density at radius 2 is 1.79 bits per heavy atom. The summed E-state index contributed by atoms with van der Waals surface area (Å²) in [5.74, 6) is -1.28. The van der Waals surface area contributed by atoms with E-state index in [0.717, 1.165) is 31.5 Å². The smallest absolute Gasteiger partial charge is 0.151 e. The van der Waals surface area contributed by atoms with Crippen LogP contribution in [0.1, 0.15) is 26.7 Å². The minimum Gasteiger partial charge on any atom is -0.399 e. The van der Waals surface area contributed by atoms with Gasteiger partial charge in [-0.25, -0.2) is 8.78 Å². The van der Waals surface area contributed by atoms with E-state index in [0.29, 0.717) is 12.6 Å². The summed E-state index contributed by atoms with van der Waals surface area (Å²) in [6, 6.07) is 2.76. The number of nitrogens with one attached hydrogen (secondary N) is 1. The fourth-order valence-corrected chi connectivity index (χ4v) is 1.72. The molecule has 0 aliphatic heterocycles. The average Bonchev–Trinajstić information content (AvgIpc) is 2.30. The average molecular weight is 271 g/mol. The van der Waals surface area contributed by atoms with E-state index in [1.807, 2.05) is 0 Å². The van der Waals surface area contributed by atoms with E-state index in [-0.39, 0.29) is 11.4 Å². The second kappa shape index (κ2) is 7.28. The second-order valence-corrected chi connectivity index (χ2v) is 5.07. The zero-order valence-electron chi connectivity index (χ0n) is 11.8. The molecule has 1 rings (SSSR count). The molecule has 0 aromatic heterocycles. The van der Waals surface area contributed by atoms with Crippen molar-refractivity contribution in [2.75, 3.05) is 31.2 Å². The van der Waals surface area contributed by atoms with Crippen molar-refractivity contribution < 1.29 is 8.78 Å². The highest BCUT2D eigenvalue weighted by molar-refractivity contribution is 5.53. The van der Waals surface area contributed by atoms with Crippen molar-refractivity contribution in [3.63, 3.8) is 0 Å². The lowest BCUT2D eigenvalue weighted by atomic mass is 10.2. The molecule has 0 bridgehead atoms. The lowest BCUT2D eigenvalue weighted by Gasteiger charge is -2.20. The van der Waals surface area contributed by atoms with Crippen LogP contribution in [0.2, 0.25) is 0 Å². The van der Waals surface area contributed by atoms with E-state index in [4.69, 9.17) is 5.73 Å². The molecule has 0 aliphatic carbocycles. The number of hydrogen-bond acceptors (Lipinski definition) is 3. The van der Waals surface area contributed by atoms with E-state index in [1.54, 1.807) is 0 Å². The predicted molar refractivity (Wildman–Crippen MR) is 76.3 cm³/mol. The van der Waals surface area contributed by atoms with Gasteiger partial charge in [-0.15, -0.1) is 0 Å². The minimum atomic E-state index is -0.642. The molecule has 0 amide bonds. The monoisotopic (exact) mass is 271 g/mol. The number of nitrogens with two attached hydrogens (primary N) is 1. The van der Waals surface area contributed by atoms with Crippen molar-refractivity contribution in [3.8, 4) is 0 Å². The van der Waals surface area contributed by atoms with Gasteiger partial charge in [0.15, 0.2) is 11.6 Å². The molecule has 0 heterocycles. The Hall–Kier alpha value is -1.36. The highest BCUT2D eigenvalue weighted by atomic mass is 19.1. The minimum absolute atomic E-state index is 0.0913. The van der Waals surface area contributed by atoms with Gasteiger partial charge in [0.25, 0.3) is 0 Å². The second-order valence-electron chi connectivity index (χ2n) is 5.07. The van der Waals surface area contributed by atoms with Crippen LogP contribution < -0.4 is 11.1 Å². The summed E-state index contributed by atoms with van der Waals surface area (Å²) in [4.78, 5) is 2.24. The molecule has 0 radical (unpaired) electrons. The number of hydrogen-bond donors (Lipinski definition) is 2. The van der Waals surface area contributed by atoms with Crippen LogP contribution in [0, 0.1) is 11.6 Å². The SMILES string of the molecule is CC(C)N(C)CCCCNc1c(F)cc(N)cc1F. The lowest BCUT2D eigenvalue weighted by Crippen LogP contribution is -2.27. The van der Waals surface area contributed by atoms with Crippen molar-refractivity contribution in [2.45, 2.75) is 32.7 Å². The first kappa shape index (κ1) is 15.7. The Bertz CT molecular complexity index is 385. The third-order valence-electron chi connectivity index (χ3n) is 3.19. The maximum Gasteiger partial charge on any atom is 0.151 e. The van der Waals surface area contributed by atoms with Crippen LogP contribution in [-0.2, 0) is 0 Å². The van der Waals surface area contributed by atoms with Crippen LogP contribution in [-0.4, -0.2) is 31.1 Å². The quantitative estimate of drug-likeness (QED) is 0.591. The molecule has 0 fully saturated rings. The van der Waals surface area contributed by atoms with Gasteiger partial charge in [0.2, 0.25) is 0 Å². The Balaban J connectivity index is 2.34. The van der Waals surface area contributed by atoms with Gasteiger partial charge in [0.1, 0.15) is 5.69 Å². The molecule has 19 heavy (non-hydrogen) atoms. The summed E-state index contributed by atoms with van der Waals surface area (Å²) in [5.41, 5.74) is 5.36. The van der Waals surface area contributed by atoms with Gasteiger partial charge in [-0.05, 0) is 52.4 Å². The number of nitrogen functional groups attached to an aromatic ring is 1. The van der Waals surface area contributed by atoms with Crippen molar-refractivity contribution in [1.82, 2.24) is 4.90 Å². The Morgan fingerprint density at radius 3 is 2.32 bits per heavy atom. The summed E-state index contributed by atoms with van der Waals surface area (Å²) >= 11 is 0. The summed E-state index contributed by atoms with van der Waals surface area (Å²) in [6.07, 6.45) is 1.85. The van der Waals surface area contributed by atoms with Crippen LogP contribution in [0.4, 0.5) is 20.2 Å². The third-order valence-corrected chi connectivity index (χ3v) is 3.19. The zero-order valence-corrected chi connectivity index (χ0v) is 11.8. The van der Waals surface area contributed by atoms with Crippen LogP contribution in [0.5, 0.6) is 0 Å². The van der Waals surface area contributed by atoms with Gasteiger partial charge < -0.3 is 16.0 Å². The highest BCUT2D eigenvalue weighted by Gasteiger charge is 2.09. The predicted octanol–water partition coefficient (Wildman–Crippen LogP) is 3.08. The lowest BCUT2D eigenvalue weighted by molar-refractivity contribution is 0.269. The molecule has 0 unspecified atom stereocenters. The van der Waals surface area contributed by atoms with Crippen molar-refractivity contribution >= 4 is 11.4 Å². The molecule has 1 aromatic carbocycles. The first-order valence-corrected chi connectivity index (χ1v) is 6.60. The number of halogens is 2. The molecule has 1 aromatic rings. The van der Waals surface area contributed by atoms with Crippen molar-refractivity contribution in [3.05, 3.63) is 23.8 Å². The molecule has 0 saturated carbocycles. The molecule has 3 N–H and O–H groups in total. The summed E-state index contributed by atoms with van der Waals surface area (Å²) in [7, 11) is 2.07. The number of benzene rings is 1. The van der Waals surface area contributed by atoms with Crippen LogP contribution >= 0.6 is 0 Å². The van der Waals surface area contributed by atoms with E-state index >= 15 is 0 Å². The van der Waals surface area contributed by atoms with Gasteiger partial charge in [-0.2, -0.15) is 0 Å².